The van der Waals surface area contributed by atoms with Crippen molar-refractivity contribution in [2.45, 2.75) is 13.5 Å². The Kier molecular flexibility index (Phi) is 4.93. The predicted molar refractivity (Wildman–Crippen MR) is 82.7 cm³/mol. The lowest BCUT2D eigenvalue weighted by atomic mass is 10.2. The van der Waals surface area contributed by atoms with Gasteiger partial charge in [-0.1, -0.05) is 18.2 Å². The van der Waals surface area contributed by atoms with Crippen LogP contribution in [0.4, 0.5) is 0 Å². The van der Waals surface area contributed by atoms with E-state index in [1.165, 1.54) is 4.88 Å². The van der Waals surface area contributed by atoms with Crippen molar-refractivity contribution in [1.82, 2.24) is 4.90 Å². The fourth-order valence-electron chi connectivity index (χ4n) is 2.09. The zero-order valence-electron chi connectivity index (χ0n) is 12.1. The molecule has 1 aromatic heterocycles. The lowest BCUT2D eigenvalue weighted by molar-refractivity contribution is 0.0946. The zero-order chi connectivity index (χ0) is 14.5. The first kappa shape index (κ1) is 14.8. The number of carbonyl (C=O) groups is 1. The summed E-state index contributed by atoms with van der Waals surface area (Å²) in [4.78, 5) is 16.2. The number of benzene rings is 1. The number of ether oxygens (including phenoxy) is 1. The summed E-state index contributed by atoms with van der Waals surface area (Å²) in [6.45, 7) is 3.12. The van der Waals surface area contributed by atoms with E-state index in [-0.39, 0.29) is 5.78 Å². The van der Waals surface area contributed by atoms with Crippen LogP contribution in [0.2, 0.25) is 0 Å². The maximum atomic E-state index is 12.2. The van der Waals surface area contributed by atoms with Gasteiger partial charge in [-0.15, -0.1) is 11.3 Å². The SMILES string of the molecule is COc1ccccc1CN(C)CC(=O)c1ccc(C)s1. The number of nitrogens with zero attached hydrogens (tertiary/aromatic N) is 1. The van der Waals surface area contributed by atoms with Crippen molar-refractivity contribution in [2.24, 2.45) is 0 Å². The predicted octanol–water partition coefficient (Wildman–Crippen LogP) is 3.38. The highest BCUT2D eigenvalue weighted by Crippen LogP contribution is 2.20. The first-order chi connectivity index (χ1) is 9.60. The number of thiophene rings is 1. The van der Waals surface area contributed by atoms with Crippen LogP contribution in [0.25, 0.3) is 0 Å². The van der Waals surface area contributed by atoms with Crippen molar-refractivity contribution >= 4 is 17.1 Å². The number of hydrogen-bond acceptors (Lipinski definition) is 4. The highest BCUT2D eigenvalue weighted by atomic mass is 32.1. The van der Waals surface area contributed by atoms with Gasteiger partial charge in [0.2, 0.25) is 0 Å². The third-order valence-electron chi connectivity index (χ3n) is 3.06. The molecular weight excluding hydrogens is 270 g/mol. The van der Waals surface area contributed by atoms with Gasteiger partial charge >= 0.3 is 0 Å². The highest BCUT2D eigenvalue weighted by molar-refractivity contribution is 7.14. The van der Waals surface area contributed by atoms with E-state index < -0.39 is 0 Å². The number of methoxy groups -OCH3 is 1. The number of para-hydroxylation sites is 1. The quantitative estimate of drug-likeness (QED) is 0.764. The summed E-state index contributed by atoms with van der Waals surface area (Å²) in [6, 6.07) is 11.8. The van der Waals surface area contributed by atoms with Crippen LogP contribution >= 0.6 is 11.3 Å². The fraction of sp³-hybridized carbons (Fsp3) is 0.312. The van der Waals surface area contributed by atoms with Crippen LogP contribution in [0.5, 0.6) is 5.75 Å². The standard InChI is InChI=1S/C16H19NO2S/c1-12-8-9-16(20-12)14(18)11-17(2)10-13-6-4-5-7-15(13)19-3/h4-9H,10-11H2,1-3H3. The minimum Gasteiger partial charge on any atom is -0.496 e. The van der Waals surface area contributed by atoms with Crippen LogP contribution in [-0.2, 0) is 6.54 Å². The molecule has 0 aliphatic rings. The molecule has 2 rings (SSSR count). The molecule has 0 unspecified atom stereocenters. The Hall–Kier alpha value is -1.65. The molecule has 0 amide bonds. The van der Waals surface area contributed by atoms with Crippen LogP contribution in [0, 0.1) is 6.92 Å². The number of likely N-dealkylation sites (N-methyl/N-ethyl adjacent to an activating group) is 1. The average Bonchev–Trinajstić information content (AvgIpc) is 2.86. The van der Waals surface area contributed by atoms with E-state index in [2.05, 4.69) is 0 Å². The summed E-state index contributed by atoms with van der Waals surface area (Å²) in [5.41, 5.74) is 1.09. The van der Waals surface area contributed by atoms with Gasteiger partial charge in [0.25, 0.3) is 0 Å². The fourth-order valence-corrected chi connectivity index (χ4v) is 2.89. The van der Waals surface area contributed by atoms with E-state index >= 15 is 0 Å². The van der Waals surface area contributed by atoms with Crippen molar-refractivity contribution < 1.29 is 9.53 Å². The molecule has 0 bridgehead atoms. The number of rotatable bonds is 6. The molecule has 0 saturated carbocycles. The Morgan fingerprint density at radius 1 is 1.25 bits per heavy atom. The van der Waals surface area contributed by atoms with Gasteiger partial charge in [0.15, 0.2) is 5.78 Å². The Bertz CT molecular complexity index is 592. The Labute approximate surface area is 123 Å². The van der Waals surface area contributed by atoms with E-state index in [0.717, 1.165) is 16.2 Å². The van der Waals surface area contributed by atoms with E-state index in [1.54, 1.807) is 18.4 Å². The number of Topliss-reactive ketones (excluding diaryl/α,β-unsaturated/α-hetero) is 1. The number of hydrogen-bond donors (Lipinski definition) is 0. The van der Waals surface area contributed by atoms with Crippen LogP contribution in [0.15, 0.2) is 36.4 Å². The van der Waals surface area contributed by atoms with E-state index in [0.29, 0.717) is 13.1 Å². The molecule has 1 heterocycles. The van der Waals surface area contributed by atoms with Crippen LogP contribution in [-0.4, -0.2) is 31.4 Å². The molecule has 0 aliphatic carbocycles. The third kappa shape index (κ3) is 3.68. The number of aryl methyl sites for hydroxylation is 1. The molecule has 20 heavy (non-hydrogen) atoms. The van der Waals surface area contributed by atoms with E-state index in [9.17, 15) is 4.79 Å². The van der Waals surface area contributed by atoms with Gasteiger partial charge in [-0.25, -0.2) is 0 Å². The maximum Gasteiger partial charge on any atom is 0.186 e. The monoisotopic (exact) mass is 289 g/mol. The topological polar surface area (TPSA) is 29.5 Å². The van der Waals surface area contributed by atoms with Crippen molar-refractivity contribution in [3.63, 3.8) is 0 Å². The summed E-state index contributed by atoms with van der Waals surface area (Å²) >= 11 is 1.55. The molecule has 4 heteroatoms. The molecule has 2 aromatic rings. The van der Waals surface area contributed by atoms with Crippen LogP contribution in [0.3, 0.4) is 0 Å². The van der Waals surface area contributed by atoms with Crippen molar-refractivity contribution in [1.29, 1.82) is 0 Å². The lowest BCUT2D eigenvalue weighted by Gasteiger charge is -2.17. The van der Waals surface area contributed by atoms with Gasteiger partial charge in [-0.3, -0.25) is 9.69 Å². The second-order valence-corrected chi connectivity index (χ2v) is 6.11. The minimum atomic E-state index is 0.167. The minimum absolute atomic E-state index is 0.167. The number of carbonyl (C=O) groups excluding carboxylic acids is 1. The van der Waals surface area contributed by atoms with Crippen molar-refractivity contribution in [3.8, 4) is 5.75 Å². The van der Waals surface area contributed by atoms with Crippen molar-refractivity contribution in [3.05, 3.63) is 51.7 Å². The summed E-state index contributed by atoms with van der Waals surface area (Å²) in [5, 5.41) is 0. The molecule has 0 fully saturated rings. The normalized spacial score (nSPS) is 10.8. The van der Waals surface area contributed by atoms with E-state index in [1.807, 2.05) is 55.3 Å². The highest BCUT2D eigenvalue weighted by Gasteiger charge is 2.12. The Balaban J connectivity index is 1.98. The van der Waals surface area contributed by atoms with Crippen molar-refractivity contribution in [2.75, 3.05) is 20.7 Å². The molecule has 0 radical (unpaired) electrons. The second-order valence-electron chi connectivity index (χ2n) is 4.82. The molecular formula is C16H19NO2S. The summed E-state index contributed by atoms with van der Waals surface area (Å²) < 4.78 is 5.33. The van der Waals surface area contributed by atoms with Gasteiger partial charge in [-0.2, -0.15) is 0 Å². The lowest BCUT2D eigenvalue weighted by Crippen LogP contribution is -2.25. The molecule has 1 aromatic carbocycles. The molecule has 0 saturated heterocycles. The molecule has 3 nitrogen and oxygen atoms in total. The summed E-state index contributed by atoms with van der Waals surface area (Å²) in [7, 11) is 3.61. The first-order valence-corrected chi connectivity index (χ1v) is 7.32. The van der Waals surface area contributed by atoms with Gasteiger partial charge in [0, 0.05) is 17.0 Å². The van der Waals surface area contributed by atoms with Gasteiger partial charge in [0.1, 0.15) is 5.75 Å². The molecule has 0 spiro atoms. The smallest absolute Gasteiger partial charge is 0.186 e. The molecule has 0 atom stereocenters. The maximum absolute atomic E-state index is 12.2. The Morgan fingerprint density at radius 3 is 2.65 bits per heavy atom. The molecule has 0 N–H and O–H groups in total. The molecule has 106 valence electrons. The van der Waals surface area contributed by atoms with Gasteiger partial charge in [-0.05, 0) is 32.2 Å². The zero-order valence-corrected chi connectivity index (χ0v) is 12.9. The molecule has 0 aliphatic heterocycles. The van der Waals surface area contributed by atoms with Gasteiger partial charge in [0.05, 0.1) is 18.5 Å². The second kappa shape index (κ2) is 6.68. The van der Waals surface area contributed by atoms with Crippen LogP contribution in [0.1, 0.15) is 20.1 Å². The first-order valence-electron chi connectivity index (χ1n) is 6.50. The summed E-state index contributed by atoms with van der Waals surface area (Å²) in [6.07, 6.45) is 0. The third-order valence-corrected chi connectivity index (χ3v) is 4.10. The average molecular weight is 289 g/mol. The van der Waals surface area contributed by atoms with E-state index in [4.69, 9.17) is 4.74 Å². The van der Waals surface area contributed by atoms with Gasteiger partial charge < -0.3 is 4.74 Å². The number of ketones is 1. The Morgan fingerprint density at radius 2 is 2.00 bits per heavy atom. The summed E-state index contributed by atoms with van der Waals surface area (Å²) in [5.74, 6) is 1.03. The van der Waals surface area contributed by atoms with Crippen LogP contribution < -0.4 is 4.74 Å². The largest absolute Gasteiger partial charge is 0.496 e.